The van der Waals surface area contributed by atoms with E-state index in [1.54, 1.807) is 30.3 Å². The van der Waals surface area contributed by atoms with Gasteiger partial charge in [0.25, 0.3) is 5.91 Å². The first kappa shape index (κ1) is 21.8. The van der Waals surface area contributed by atoms with Gasteiger partial charge in [-0.15, -0.1) is 0 Å². The highest BCUT2D eigenvalue weighted by atomic mass is 35.5. The van der Waals surface area contributed by atoms with Crippen molar-refractivity contribution < 1.29 is 24.2 Å². The first-order valence-corrected chi connectivity index (χ1v) is 9.70. The van der Waals surface area contributed by atoms with Crippen molar-refractivity contribution in [1.29, 1.82) is 0 Å². The SMILES string of the molecule is COC(=O)C1=C(Nc2ccc(Cl)cc2C(=O)c2ccccc2Cl)C(=O)N(CCO)C1. The van der Waals surface area contributed by atoms with E-state index in [1.807, 2.05) is 0 Å². The quantitative estimate of drug-likeness (QED) is 0.499. The van der Waals surface area contributed by atoms with Crippen molar-refractivity contribution in [2.24, 2.45) is 0 Å². The minimum absolute atomic E-state index is 0.0181. The Bertz CT molecular complexity index is 1050. The average molecular weight is 449 g/mol. The van der Waals surface area contributed by atoms with Gasteiger partial charge in [-0.1, -0.05) is 35.3 Å². The van der Waals surface area contributed by atoms with E-state index >= 15 is 0 Å². The lowest BCUT2D eigenvalue weighted by Gasteiger charge is -2.16. The fourth-order valence-electron chi connectivity index (χ4n) is 3.09. The van der Waals surface area contributed by atoms with Crippen LogP contribution in [0.2, 0.25) is 10.0 Å². The smallest absolute Gasteiger partial charge is 0.337 e. The molecule has 0 bridgehead atoms. The zero-order valence-electron chi connectivity index (χ0n) is 15.9. The van der Waals surface area contributed by atoms with Gasteiger partial charge in [-0.05, 0) is 30.3 Å². The molecule has 0 saturated carbocycles. The van der Waals surface area contributed by atoms with Crippen LogP contribution in [0.5, 0.6) is 0 Å². The number of nitrogens with zero attached hydrogens (tertiary/aromatic N) is 1. The van der Waals surface area contributed by atoms with Gasteiger partial charge in [0.15, 0.2) is 5.78 Å². The van der Waals surface area contributed by atoms with Crippen molar-refractivity contribution in [3.8, 4) is 0 Å². The number of esters is 1. The summed E-state index contributed by atoms with van der Waals surface area (Å²) in [6, 6.07) is 11.1. The van der Waals surface area contributed by atoms with Crippen LogP contribution in [0.4, 0.5) is 5.69 Å². The number of amides is 1. The van der Waals surface area contributed by atoms with Gasteiger partial charge >= 0.3 is 5.97 Å². The number of ketones is 1. The van der Waals surface area contributed by atoms with E-state index in [0.717, 1.165) is 0 Å². The molecule has 0 aliphatic carbocycles. The zero-order valence-corrected chi connectivity index (χ0v) is 17.5. The third kappa shape index (κ3) is 4.33. The summed E-state index contributed by atoms with van der Waals surface area (Å²) in [7, 11) is 1.21. The second-order valence-corrected chi connectivity index (χ2v) is 7.26. The van der Waals surface area contributed by atoms with E-state index in [-0.39, 0.29) is 52.8 Å². The number of anilines is 1. The number of halogens is 2. The van der Waals surface area contributed by atoms with E-state index in [4.69, 9.17) is 27.9 Å². The predicted octanol–water partition coefficient (Wildman–Crippen LogP) is 2.90. The van der Waals surface area contributed by atoms with Crippen LogP contribution < -0.4 is 5.32 Å². The van der Waals surface area contributed by atoms with Crippen LogP contribution in [-0.2, 0) is 14.3 Å². The molecule has 30 heavy (non-hydrogen) atoms. The highest BCUT2D eigenvalue weighted by molar-refractivity contribution is 6.36. The first-order valence-electron chi connectivity index (χ1n) is 8.94. The monoisotopic (exact) mass is 448 g/mol. The Morgan fingerprint density at radius 1 is 1.17 bits per heavy atom. The lowest BCUT2D eigenvalue weighted by Crippen LogP contribution is -2.31. The lowest BCUT2D eigenvalue weighted by atomic mass is 10.0. The van der Waals surface area contributed by atoms with Gasteiger partial charge in [0.05, 0.1) is 30.9 Å². The fourth-order valence-corrected chi connectivity index (χ4v) is 3.48. The molecule has 1 amide bonds. The van der Waals surface area contributed by atoms with Gasteiger partial charge < -0.3 is 20.1 Å². The van der Waals surface area contributed by atoms with Crippen LogP contribution in [0.15, 0.2) is 53.7 Å². The summed E-state index contributed by atoms with van der Waals surface area (Å²) in [4.78, 5) is 39.4. The van der Waals surface area contributed by atoms with Crippen LogP contribution in [0.1, 0.15) is 15.9 Å². The first-order chi connectivity index (χ1) is 14.4. The molecule has 9 heteroatoms. The largest absolute Gasteiger partial charge is 0.466 e. The molecular formula is C21H18Cl2N2O5. The summed E-state index contributed by atoms with van der Waals surface area (Å²) < 4.78 is 4.78. The van der Waals surface area contributed by atoms with E-state index < -0.39 is 17.7 Å². The number of aliphatic hydroxyl groups excluding tert-OH is 1. The molecule has 2 aromatic rings. The Morgan fingerprint density at radius 3 is 2.57 bits per heavy atom. The number of carbonyl (C=O) groups is 3. The van der Waals surface area contributed by atoms with Crippen molar-refractivity contribution in [2.45, 2.75) is 0 Å². The molecule has 7 nitrogen and oxygen atoms in total. The molecule has 0 unspecified atom stereocenters. The molecule has 1 aliphatic heterocycles. The molecular weight excluding hydrogens is 431 g/mol. The number of rotatable bonds is 7. The van der Waals surface area contributed by atoms with Gasteiger partial charge in [0.2, 0.25) is 0 Å². The van der Waals surface area contributed by atoms with Crippen LogP contribution in [0, 0.1) is 0 Å². The minimum Gasteiger partial charge on any atom is -0.466 e. The summed E-state index contributed by atoms with van der Waals surface area (Å²) in [5.41, 5.74) is 0.805. The number of hydrogen-bond donors (Lipinski definition) is 2. The lowest BCUT2D eigenvalue weighted by molar-refractivity contribution is -0.136. The Hall–Kier alpha value is -2.87. The van der Waals surface area contributed by atoms with Crippen molar-refractivity contribution in [1.82, 2.24) is 4.90 Å². The van der Waals surface area contributed by atoms with Gasteiger partial charge in [0.1, 0.15) is 5.70 Å². The molecule has 0 radical (unpaired) electrons. The van der Waals surface area contributed by atoms with Gasteiger partial charge in [-0.2, -0.15) is 0 Å². The summed E-state index contributed by atoms with van der Waals surface area (Å²) in [5.74, 6) is -1.57. The van der Waals surface area contributed by atoms with Crippen LogP contribution in [0.25, 0.3) is 0 Å². The summed E-state index contributed by atoms with van der Waals surface area (Å²) >= 11 is 12.3. The Morgan fingerprint density at radius 2 is 1.90 bits per heavy atom. The van der Waals surface area contributed by atoms with Crippen molar-refractivity contribution in [3.05, 3.63) is 74.9 Å². The number of ether oxygens (including phenoxy) is 1. The Kier molecular flexibility index (Phi) is 6.77. The van der Waals surface area contributed by atoms with Gasteiger partial charge in [-0.25, -0.2) is 4.79 Å². The molecule has 2 N–H and O–H groups in total. The fraction of sp³-hybridized carbons (Fsp3) is 0.190. The summed E-state index contributed by atoms with van der Waals surface area (Å²) in [5, 5.41) is 12.7. The molecule has 0 saturated heterocycles. The van der Waals surface area contributed by atoms with E-state index in [2.05, 4.69) is 5.32 Å². The van der Waals surface area contributed by atoms with Crippen LogP contribution >= 0.6 is 23.2 Å². The second kappa shape index (κ2) is 9.30. The minimum atomic E-state index is -0.681. The zero-order chi connectivity index (χ0) is 21.8. The molecule has 0 atom stereocenters. The van der Waals surface area contributed by atoms with E-state index in [1.165, 1.54) is 24.1 Å². The summed E-state index contributed by atoms with van der Waals surface area (Å²) in [6.45, 7) is -0.225. The average Bonchev–Trinajstić information content (AvgIpc) is 3.04. The topological polar surface area (TPSA) is 95.9 Å². The Balaban J connectivity index is 2.04. The molecule has 0 aromatic heterocycles. The van der Waals surface area contributed by atoms with Gasteiger partial charge in [-0.3, -0.25) is 9.59 Å². The maximum absolute atomic E-state index is 13.1. The van der Waals surface area contributed by atoms with Crippen LogP contribution in [0.3, 0.4) is 0 Å². The third-order valence-corrected chi connectivity index (χ3v) is 5.12. The number of nitrogens with one attached hydrogen (secondary N) is 1. The van der Waals surface area contributed by atoms with Crippen molar-refractivity contribution >= 4 is 46.5 Å². The number of β-amino-alcohol motifs (C(OH)–C–C–N with tert-alkyl or cyclic N) is 1. The molecule has 1 heterocycles. The van der Waals surface area contributed by atoms with E-state index in [0.29, 0.717) is 5.02 Å². The molecule has 156 valence electrons. The number of hydrogen-bond acceptors (Lipinski definition) is 6. The van der Waals surface area contributed by atoms with Crippen LogP contribution in [-0.4, -0.2) is 54.5 Å². The molecule has 2 aromatic carbocycles. The second-order valence-electron chi connectivity index (χ2n) is 6.42. The van der Waals surface area contributed by atoms with Crippen molar-refractivity contribution in [3.63, 3.8) is 0 Å². The Labute approximate surface area is 182 Å². The maximum atomic E-state index is 13.1. The van der Waals surface area contributed by atoms with E-state index in [9.17, 15) is 19.5 Å². The molecule has 1 aliphatic rings. The molecule has 0 spiro atoms. The van der Waals surface area contributed by atoms with Gasteiger partial charge in [0, 0.05) is 28.4 Å². The standard InChI is InChI=1S/C21H18Cl2N2O5/c1-30-21(29)15-11-25(8-9-26)20(28)18(15)24-17-7-6-12(22)10-14(17)19(27)13-4-2-3-5-16(13)23/h2-7,10,24,26H,8-9,11H2,1H3. The molecule has 0 fully saturated rings. The number of aliphatic hydroxyl groups is 1. The molecule has 3 rings (SSSR count). The third-order valence-electron chi connectivity index (χ3n) is 4.56. The highest BCUT2D eigenvalue weighted by Crippen LogP contribution is 2.29. The van der Waals surface area contributed by atoms with Crippen molar-refractivity contribution in [2.75, 3.05) is 32.1 Å². The normalized spacial score (nSPS) is 13.6. The number of carbonyl (C=O) groups excluding carboxylic acids is 3. The highest BCUT2D eigenvalue weighted by Gasteiger charge is 2.35. The number of benzene rings is 2. The number of methoxy groups -OCH3 is 1. The maximum Gasteiger partial charge on any atom is 0.337 e. The summed E-state index contributed by atoms with van der Waals surface area (Å²) in [6.07, 6.45) is 0. The predicted molar refractivity (Wildman–Crippen MR) is 113 cm³/mol.